The van der Waals surface area contributed by atoms with Gasteiger partial charge in [-0.25, -0.2) is 13.4 Å². The van der Waals surface area contributed by atoms with Crippen molar-refractivity contribution in [2.75, 3.05) is 26.3 Å². The Kier molecular flexibility index (Phi) is 4.24. The van der Waals surface area contributed by atoms with Gasteiger partial charge in [0.2, 0.25) is 0 Å². The van der Waals surface area contributed by atoms with Crippen LogP contribution < -0.4 is 4.83 Å². The summed E-state index contributed by atoms with van der Waals surface area (Å²) in [6.07, 6.45) is 0. The van der Waals surface area contributed by atoms with Crippen LogP contribution in [0.15, 0.2) is 23.1 Å². The van der Waals surface area contributed by atoms with Gasteiger partial charge >= 0.3 is 0 Å². The van der Waals surface area contributed by atoms with Crippen molar-refractivity contribution in [2.45, 2.75) is 11.8 Å². The average Bonchev–Trinajstić information content (AvgIpc) is 2.33. The van der Waals surface area contributed by atoms with E-state index in [1.165, 1.54) is 6.07 Å². The summed E-state index contributed by atoms with van der Waals surface area (Å²) in [4.78, 5) is 2.70. The van der Waals surface area contributed by atoms with Crippen LogP contribution in [0.3, 0.4) is 0 Å². The molecule has 1 aliphatic rings. The average molecular weight is 291 g/mol. The van der Waals surface area contributed by atoms with Gasteiger partial charge in [-0.2, -0.15) is 0 Å². The fourth-order valence-electron chi connectivity index (χ4n) is 1.62. The lowest BCUT2D eigenvalue weighted by Gasteiger charge is -2.26. The number of nitrogens with one attached hydrogen (secondary N) is 1. The number of sulfonamides is 1. The first-order chi connectivity index (χ1) is 8.49. The summed E-state index contributed by atoms with van der Waals surface area (Å²) >= 11 is 5.94. The second kappa shape index (κ2) is 5.54. The second-order valence-corrected chi connectivity index (χ2v) is 6.17. The van der Waals surface area contributed by atoms with Crippen LogP contribution in [0.5, 0.6) is 0 Å². The highest BCUT2D eigenvalue weighted by molar-refractivity contribution is 7.89. The normalized spacial score (nSPS) is 17.9. The number of hydrogen-bond donors (Lipinski definition) is 1. The van der Waals surface area contributed by atoms with Gasteiger partial charge in [-0.05, 0) is 24.6 Å². The maximum Gasteiger partial charge on any atom is 0.253 e. The number of aryl methyl sites for hydroxylation is 1. The van der Waals surface area contributed by atoms with Crippen LogP contribution >= 0.6 is 11.6 Å². The summed E-state index contributed by atoms with van der Waals surface area (Å²) in [5, 5.41) is 2.08. The van der Waals surface area contributed by atoms with Crippen molar-refractivity contribution in [3.8, 4) is 0 Å². The summed E-state index contributed by atoms with van der Waals surface area (Å²) in [6.45, 7) is 3.96. The molecule has 5 nitrogen and oxygen atoms in total. The van der Waals surface area contributed by atoms with E-state index >= 15 is 0 Å². The van der Waals surface area contributed by atoms with Gasteiger partial charge in [-0.15, -0.1) is 4.83 Å². The lowest BCUT2D eigenvalue weighted by Crippen LogP contribution is -2.48. The third kappa shape index (κ3) is 3.21. The Morgan fingerprint density at radius 1 is 1.33 bits per heavy atom. The quantitative estimate of drug-likeness (QED) is 0.908. The molecule has 100 valence electrons. The molecule has 0 aliphatic carbocycles. The number of morpholine rings is 1. The summed E-state index contributed by atoms with van der Waals surface area (Å²) in [7, 11) is -3.56. The monoisotopic (exact) mass is 290 g/mol. The molecule has 0 spiro atoms. The number of benzene rings is 1. The van der Waals surface area contributed by atoms with Gasteiger partial charge in [0.1, 0.15) is 0 Å². The Morgan fingerprint density at radius 2 is 2.00 bits per heavy atom. The Balaban J connectivity index is 2.16. The maximum atomic E-state index is 12.1. The number of halogens is 1. The minimum Gasteiger partial charge on any atom is -0.379 e. The zero-order valence-electron chi connectivity index (χ0n) is 10.0. The Bertz CT molecular complexity index is 527. The van der Waals surface area contributed by atoms with E-state index in [2.05, 4.69) is 4.83 Å². The van der Waals surface area contributed by atoms with Crippen LogP contribution in [0, 0.1) is 6.92 Å². The standard InChI is InChI=1S/C11H15ClN2O3S/c1-9-2-3-10(8-11(9)12)18(15,16)13-14-4-6-17-7-5-14/h2-3,8,13H,4-7H2,1H3. The summed E-state index contributed by atoms with van der Waals surface area (Å²) in [6, 6.07) is 4.69. The van der Waals surface area contributed by atoms with Crippen molar-refractivity contribution in [1.82, 2.24) is 9.84 Å². The van der Waals surface area contributed by atoms with Crippen LogP contribution in [0.4, 0.5) is 0 Å². The van der Waals surface area contributed by atoms with E-state index in [0.29, 0.717) is 31.3 Å². The molecule has 1 aromatic carbocycles. The molecular formula is C11H15ClN2O3S. The zero-order valence-corrected chi connectivity index (χ0v) is 11.6. The summed E-state index contributed by atoms with van der Waals surface area (Å²) < 4.78 is 29.4. The van der Waals surface area contributed by atoms with Gasteiger partial charge in [-0.3, -0.25) is 0 Å². The Hall–Kier alpha value is -0.660. The minimum absolute atomic E-state index is 0.171. The highest BCUT2D eigenvalue weighted by atomic mass is 35.5. The largest absolute Gasteiger partial charge is 0.379 e. The smallest absolute Gasteiger partial charge is 0.253 e. The van der Waals surface area contributed by atoms with E-state index in [-0.39, 0.29) is 4.90 Å². The number of hydrazine groups is 1. The van der Waals surface area contributed by atoms with Crippen LogP contribution in [-0.2, 0) is 14.8 Å². The van der Waals surface area contributed by atoms with E-state index in [0.717, 1.165) is 5.56 Å². The van der Waals surface area contributed by atoms with Crippen molar-refractivity contribution in [3.05, 3.63) is 28.8 Å². The molecule has 18 heavy (non-hydrogen) atoms. The molecule has 0 aromatic heterocycles. The zero-order chi connectivity index (χ0) is 13.2. The molecule has 0 radical (unpaired) electrons. The fourth-order valence-corrected chi connectivity index (χ4v) is 3.01. The molecule has 1 saturated heterocycles. The Labute approximate surface area is 112 Å². The van der Waals surface area contributed by atoms with E-state index < -0.39 is 10.0 Å². The highest BCUT2D eigenvalue weighted by Crippen LogP contribution is 2.20. The first kappa shape index (κ1) is 13.8. The lowest BCUT2D eigenvalue weighted by atomic mass is 10.2. The van der Waals surface area contributed by atoms with Crippen molar-refractivity contribution in [3.63, 3.8) is 0 Å². The molecule has 1 fully saturated rings. The van der Waals surface area contributed by atoms with Crippen molar-refractivity contribution >= 4 is 21.6 Å². The van der Waals surface area contributed by atoms with Gasteiger partial charge in [0.25, 0.3) is 10.0 Å². The number of ether oxygens (including phenoxy) is 1. The van der Waals surface area contributed by atoms with Crippen LogP contribution in [0.1, 0.15) is 5.56 Å². The molecule has 0 atom stereocenters. The van der Waals surface area contributed by atoms with Crippen LogP contribution in [0.2, 0.25) is 5.02 Å². The number of hydrogen-bond acceptors (Lipinski definition) is 4. The topological polar surface area (TPSA) is 58.6 Å². The third-order valence-corrected chi connectivity index (χ3v) is 4.49. The SMILES string of the molecule is Cc1ccc(S(=O)(=O)NN2CCOCC2)cc1Cl. The highest BCUT2D eigenvalue weighted by Gasteiger charge is 2.20. The molecule has 0 unspecified atom stereocenters. The fraction of sp³-hybridized carbons (Fsp3) is 0.455. The van der Waals surface area contributed by atoms with Gasteiger partial charge in [0.15, 0.2) is 0 Å². The second-order valence-electron chi connectivity index (χ2n) is 4.11. The molecule has 1 aromatic rings. The van der Waals surface area contributed by atoms with Crippen molar-refractivity contribution < 1.29 is 13.2 Å². The predicted molar refractivity (Wildman–Crippen MR) is 68.9 cm³/mol. The first-order valence-corrected chi connectivity index (χ1v) is 7.46. The molecular weight excluding hydrogens is 276 g/mol. The predicted octanol–water partition coefficient (Wildman–Crippen LogP) is 1.17. The summed E-state index contributed by atoms with van der Waals surface area (Å²) in [5.41, 5.74) is 0.849. The minimum atomic E-state index is -3.56. The molecule has 7 heteroatoms. The van der Waals surface area contributed by atoms with Gasteiger partial charge in [0, 0.05) is 18.1 Å². The number of nitrogens with zero attached hydrogens (tertiary/aromatic N) is 1. The third-order valence-electron chi connectivity index (χ3n) is 2.71. The van der Waals surface area contributed by atoms with E-state index in [4.69, 9.17) is 16.3 Å². The van der Waals surface area contributed by atoms with Gasteiger partial charge in [-0.1, -0.05) is 17.7 Å². The molecule has 2 rings (SSSR count). The first-order valence-electron chi connectivity index (χ1n) is 5.60. The summed E-state index contributed by atoms with van der Waals surface area (Å²) in [5.74, 6) is 0. The molecule has 1 N–H and O–H groups in total. The molecule has 0 saturated carbocycles. The van der Waals surface area contributed by atoms with E-state index in [1.54, 1.807) is 17.1 Å². The Morgan fingerprint density at radius 3 is 2.61 bits per heavy atom. The molecule has 0 amide bonds. The van der Waals surface area contributed by atoms with E-state index in [9.17, 15) is 8.42 Å². The number of rotatable bonds is 3. The van der Waals surface area contributed by atoms with Gasteiger partial charge in [0.05, 0.1) is 18.1 Å². The molecule has 0 bridgehead atoms. The lowest BCUT2D eigenvalue weighted by molar-refractivity contribution is 0.0272. The van der Waals surface area contributed by atoms with Crippen LogP contribution in [-0.4, -0.2) is 39.7 Å². The van der Waals surface area contributed by atoms with E-state index in [1.807, 2.05) is 6.92 Å². The van der Waals surface area contributed by atoms with Crippen molar-refractivity contribution in [1.29, 1.82) is 0 Å². The molecule has 1 aliphatic heterocycles. The molecule has 1 heterocycles. The van der Waals surface area contributed by atoms with Crippen LogP contribution in [0.25, 0.3) is 0 Å². The maximum absolute atomic E-state index is 12.1. The van der Waals surface area contributed by atoms with Crippen molar-refractivity contribution in [2.24, 2.45) is 0 Å². The van der Waals surface area contributed by atoms with Gasteiger partial charge < -0.3 is 4.74 Å².